The molecule has 0 bridgehead atoms. The molecule has 0 fully saturated rings. The Morgan fingerprint density at radius 1 is 0.741 bits per heavy atom. The molecule has 0 heterocycles. The molecule has 3 rings (SSSR count). The summed E-state index contributed by atoms with van der Waals surface area (Å²) >= 11 is 0. The molecule has 3 aromatic rings. The van der Waals surface area contributed by atoms with Gasteiger partial charge in [0.1, 0.15) is 5.71 Å². The summed E-state index contributed by atoms with van der Waals surface area (Å²) < 4.78 is 0. The number of carbonyl (C=O) groups excluding carboxylic acids is 2. The lowest BCUT2D eigenvalue weighted by molar-refractivity contribution is -0.255. The van der Waals surface area contributed by atoms with Crippen LogP contribution in [-0.4, -0.2) is 23.7 Å². The van der Waals surface area contributed by atoms with E-state index in [9.17, 15) is 14.7 Å². The third kappa shape index (κ3) is 4.41. The van der Waals surface area contributed by atoms with Gasteiger partial charge in [0.2, 0.25) is 5.78 Å². The molecule has 0 N–H and O–H groups in total. The van der Waals surface area contributed by atoms with Crippen LogP contribution in [-0.2, 0) is 0 Å². The molecule has 0 aliphatic rings. The van der Waals surface area contributed by atoms with Gasteiger partial charge >= 0.3 is 0 Å². The van der Waals surface area contributed by atoms with Gasteiger partial charge in [0.15, 0.2) is 0 Å². The first-order chi connectivity index (χ1) is 13.2. The summed E-state index contributed by atoms with van der Waals surface area (Å²) in [5, 5.41) is 19.2. The molecular formula is C22H15N2O3-. The fourth-order valence-electron chi connectivity index (χ4n) is 2.50. The third-order valence-electron chi connectivity index (χ3n) is 3.83. The molecule has 0 unspecified atom stereocenters. The second-order valence-corrected chi connectivity index (χ2v) is 5.63. The first kappa shape index (κ1) is 17.9. The van der Waals surface area contributed by atoms with Crippen molar-refractivity contribution < 1.29 is 14.7 Å². The number of carbonyl (C=O) groups is 2. The summed E-state index contributed by atoms with van der Waals surface area (Å²) in [6, 6.07) is 24.1. The Bertz CT molecular complexity index is 1010. The van der Waals surface area contributed by atoms with Crippen molar-refractivity contribution in [1.29, 1.82) is 0 Å². The molecule has 132 valence electrons. The highest BCUT2D eigenvalue weighted by Crippen LogP contribution is 2.10. The second kappa shape index (κ2) is 8.49. The molecular weight excluding hydrogens is 340 g/mol. The summed E-state index contributed by atoms with van der Waals surface area (Å²) in [7, 11) is 0. The summed E-state index contributed by atoms with van der Waals surface area (Å²) in [5.41, 5.74) is 1.64. The molecule has 5 nitrogen and oxygen atoms in total. The smallest absolute Gasteiger partial charge is 0.213 e. The van der Waals surface area contributed by atoms with E-state index >= 15 is 0 Å². The fraction of sp³-hybridized carbons (Fsp3) is 0. The van der Waals surface area contributed by atoms with Gasteiger partial charge in [-0.3, -0.25) is 4.79 Å². The molecule has 0 aromatic heterocycles. The maximum atomic E-state index is 12.9. The van der Waals surface area contributed by atoms with Crippen LogP contribution in [0.4, 0.5) is 0 Å². The van der Waals surface area contributed by atoms with Gasteiger partial charge in [0.25, 0.3) is 0 Å². The summed E-state index contributed by atoms with van der Waals surface area (Å²) in [5.74, 6) is -1.57. The van der Waals surface area contributed by atoms with Crippen molar-refractivity contribution in [1.82, 2.24) is 0 Å². The minimum Gasteiger partial charge on any atom is -0.545 e. The number of carboxylic acid groups (broad SMARTS) is 1. The van der Waals surface area contributed by atoms with Gasteiger partial charge in [-0.25, -0.2) is 0 Å². The van der Waals surface area contributed by atoms with Crippen molar-refractivity contribution in [3.63, 3.8) is 0 Å². The van der Waals surface area contributed by atoms with Gasteiger partial charge < -0.3 is 9.90 Å². The predicted molar refractivity (Wildman–Crippen MR) is 102 cm³/mol. The highest BCUT2D eigenvalue weighted by atomic mass is 16.4. The van der Waals surface area contributed by atoms with E-state index in [1.165, 1.54) is 12.3 Å². The van der Waals surface area contributed by atoms with Gasteiger partial charge in [-0.05, 0) is 0 Å². The molecule has 0 aliphatic heterocycles. The molecule has 0 atom stereocenters. The molecule has 3 aromatic carbocycles. The van der Waals surface area contributed by atoms with Crippen LogP contribution in [0.1, 0.15) is 31.8 Å². The minimum absolute atomic E-state index is 0.00657. The lowest BCUT2D eigenvalue weighted by Crippen LogP contribution is -2.23. The lowest BCUT2D eigenvalue weighted by Gasteiger charge is -2.06. The van der Waals surface area contributed by atoms with Crippen LogP contribution < -0.4 is 5.11 Å². The van der Waals surface area contributed by atoms with E-state index in [1.807, 2.05) is 12.1 Å². The molecule has 0 saturated carbocycles. The molecule has 0 aliphatic carbocycles. The molecule has 0 amide bonds. The Labute approximate surface area is 156 Å². The zero-order chi connectivity index (χ0) is 19.1. The van der Waals surface area contributed by atoms with Crippen LogP contribution in [0.5, 0.6) is 0 Å². The monoisotopic (exact) mass is 355 g/mol. The van der Waals surface area contributed by atoms with Gasteiger partial charge in [0.05, 0.1) is 12.2 Å². The largest absolute Gasteiger partial charge is 0.545 e. The van der Waals surface area contributed by atoms with Crippen molar-refractivity contribution in [3.8, 4) is 0 Å². The highest BCUT2D eigenvalue weighted by molar-refractivity contribution is 6.51. The van der Waals surface area contributed by atoms with E-state index in [-0.39, 0.29) is 17.1 Å². The molecule has 0 spiro atoms. The van der Waals surface area contributed by atoms with Crippen LogP contribution in [0.25, 0.3) is 0 Å². The predicted octanol–water partition coefficient (Wildman–Crippen LogP) is 2.76. The Balaban J connectivity index is 1.99. The van der Waals surface area contributed by atoms with Crippen LogP contribution in [0.2, 0.25) is 0 Å². The maximum Gasteiger partial charge on any atom is 0.213 e. The summed E-state index contributed by atoms with van der Waals surface area (Å²) in [6.45, 7) is 0. The van der Waals surface area contributed by atoms with Crippen LogP contribution in [0.15, 0.2) is 95.1 Å². The number of ketones is 1. The number of rotatable bonds is 6. The maximum absolute atomic E-state index is 12.9. The first-order valence-corrected chi connectivity index (χ1v) is 8.23. The molecule has 5 heteroatoms. The summed E-state index contributed by atoms with van der Waals surface area (Å²) in [6.07, 6.45) is 1.30. The van der Waals surface area contributed by atoms with Crippen LogP contribution >= 0.6 is 0 Å². The number of nitrogens with zero attached hydrogens (tertiary/aromatic N) is 2. The normalized spacial score (nSPS) is 11.5. The van der Waals surface area contributed by atoms with Gasteiger partial charge in [-0.2, -0.15) is 5.10 Å². The van der Waals surface area contributed by atoms with Crippen molar-refractivity contribution in [3.05, 3.63) is 107 Å². The lowest BCUT2D eigenvalue weighted by atomic mass is 10.0. The average molecular weight is 355 g/mol. The van der Waals surface area contributed by atoms with Crippen molar-refractivity contribution in [2.24, 2.45) is 10.2 Å². The van der Waals surface area contributed by atoms with Crippen LogP contribution in [0.3, 0.4) is 0 Å². The Morgan fingerprint density at radius 2 is 1.30 bits per heavy atom. The standard InChI is InChI=1S/C22H16N2O3/c25-21(17-11-5-2-6-12-17)20(16-9-3-1-4-10-16)24-23-15-18-13-7-8-14-19(18)22(26)27/h1-15H,(H,26,27)/p-1/b23-15-,24-20-. The number of benzene rings is 3. The van der Waals surface area contributed by atoms with E-state index < -0.39 is 5.97 Å². The molecule has 27 heavy (non-hydrogen) atoms. The highest BCUT2D eigenvalue weighted by Gasteiger charge is 2.16. The van der Waals surface area contributed by atoms with E-state index in [0.29, 0.717) is 16.7 Å². The van der Waals surface area contributed by atoms with Crippen molar-refractivity contribution in [2.75, 3.05) is 0 Å². The average Bonchev–Trinajstić information content (AvgIpc) is 2.72. The summed E-state index contributed by atoms with van der Waals surface area (Å²) in [4.78, 5) is 24.0. The van der Waals surface area contributed by atoms with Crippen molar-refractivity contribution in [2.45, 2.75) is 0 Å². The quantitative estimate of drug-likeness (QED) is 0.387. The topological polar surface area (TPSA) is 81.9 Å². The molecule has 0 saturated heterocycles. The van der Waals surface area contributed by atoms with E-state index in [0.717, 1.165) is 0 Å². The zero-order valence-corrected chi connectivity index (χ0v) is 14.3. The zero-order valence-electron chi connectivity index (χ0n) is 14.3. The Morgan fingerprint density at radius 3 is 1.93 bits per heavy atom. The molecule has 0 radical (unpaired) electrons. The van der Waals surface area contributed by atoms with Gasteiger partial charge in [-0.15, -0.1) is 5.10 Å². The SMILES string of the molecule is O=C(/C(=N\N=C/c1ccccc1C(=O)[O-])c1ccccc1)c1ccccc1. The Hall–Kier alpha value is -3.86. The first-order valence-electron chi connectivity index (χ1n) is 8.23. The van der Waals surface area contributed by atoms with Crippen LogP contribution in [0, 0.1) is 0 Å². The number of aromatic carboxylic acids is 1. The van der Waals surface area contributed by atoms with Crippen molar-refractivity contribution >= 4 is 23.7 Å². The van der Waals surface area contributed by atoms with E-state index in [1.54, 1.807) is 66.7 Å². The number of carboxylic acids is 1. The van der Waals surface area contributed by atoms with Gasteiger partial charge in [-0.1, -0.05) is 84.9 Å². The Kier molecular flexibility index (Phi) is 5.64. The second-order valence-electron chi connectivity index (χ2n) is 5.63. The number of hydrogen-bond donors (Lipinski definition) is 0. The van der Waals surface area contributed by atoms with E-state index in [2.05, 4.69) is 10.2 Å². The third-order valence-corrected chi connectivity index (χ3v) is 3.83. The minimum atomic E-state index is -1.30. The fourth-order valence-corrected chi connectivity index (χ4v) is 2.50. The van der Waals surface area contributed by atoms with E-state index in [4.69, 9.17) is 0 Å². The van der Waals surface area contributed by atoms with Gasteiger partial charge in [0, 0.05) is 22.3 Å². The number of hydrogen-bond acceptors (Lipinski definition) is 5. The number of Topliss-reactive ketones (excluding diaryl/α,β-unsaturated/α-hetero) is 1.